The van der Waals surface area contributed by atoms with Gasteiger partial charge in [0, 0.05) is 19.1 Å². The molecular formula is C19H26N2. The van der Waals surface area contributed by atoms with Gasteiger partial charge >= 0.3 is 0 Å². The predicted octanol–water partition coefficient (Wildman–Crippen LogP) is 3.41. The first kappa shape index (κ1) is 15.7. The van der Waals surface area contributed by atoms with Crippen LogP contribution in [0.1, 0.15) is 24.5 Å². The molecule has 2 atom stereocenters. The van der Waals surface area contributed by atoms with Gasteiger partial charge in [-0.15, -0.1) is 19.7 Å². The summed E-state index contributed by atoms with van der Waals surface area (Å²) < 4.78 is 0. The summed E-state index contributed by atoms with van der Waals surface area (Å²) in [4.78, 5) is 2.36. The van der Waals surface area contributed by atoms with Crippen LogP contribution in [0, 0.1) is 0 Å². The van der Waals surface area contributed by atoms with Crippen LogP contribution in [0.2, 0.25) is 0 Å². The van der Waals surface area contributed by atoms with Crippen molar-refractivity contribution < 1.29 is 0 Å². The van der Waals surface area contributed by atoms with Crippen LogP contribution in [-0.2, 0) is 12.0 Å². The van der Waals surface area contributed by atoms with E-state index in [0.717, 1.165) is 31.5 Å². The number of hydrogen-bond acceptors (Lipinski definition) is 2. The smallest absolute Gasteiger partial charge is 0.0610 e. The molecule has 0 bridgehead atoms. The zero-order valence-electron chi connectivity index (χ0n) is 13.0. The van der Waals surface area contributed by atoms with Gasteiger partial charge in [-0.05, 0) is 30.9 Å². The summed E-state index contributed by atoms with van der Waals surface area (Å²) in [6.07, 6.45) is 5.66. The van der Waals surface area contributed by atoms with Gasteiger partial charge in [-0.1, -0.05) is 42.0 Å². The molecule has 21 heavy (non-hydrogen) atoms. The summed E-state index contributed by atoms with van der Waals surface area (Å²) in [6, 6.07) is 8.77. The Labute approximate surface area is 128 Å². The molecule has 2 N–H and O–H groups in total. The van der Waals surface area contributed by atoms with Crippen LogP contribution in [0.4, 0.5) is 0 Å². The fourth-order valence-corrected chi connectivity index (χ4v) is 3.55. The molecule has 0 saturated heterocycles. The molecule has 0 amide bonds. The molecule has 1 aromatic carbocycles. The third-order valence-electron chi connectivity index (χ3n) is 4.29. The van der Waals surface area contributed by atoms with Crippen molar-refractivity contribution in [1.82, 2.24) is 4.90 Å². The molecule has 2 unspecified atom stereocenters. The number of rotatable bonds is 7. The van der Waals surface area contributed by atoms with Crippen LogP contribution in [-0.4, -0.2) is 24.0 Å². The van der Waals surface area contributed by atoms with Crippen molar-refractivity contribution in [3.05, 3.63) is 72.9 Å². The molecule has 1 aliphatic carbocycles. The molecule has 0 aromatic heterocycles. The monoisotopic (exact) mass is 282 g/mol. The van der Waals surface area contributed by atoms with Gasteiger partial charge in [-0.3, -0.25) is 4.90 Å². The number of hydrogen-bond donors (Lipinski definition) is 1. The molecule has 0 saturated carbocycles. The van der Waals surface area contributed by atoms with Crippen LogP contribution in [0.3, 0.4) is 0 Å². The third kappa shape index (κ3) is 3.02. The topological polar surface area (TPSA) is 29.3 Å². The van der Waals surface area contributed by atoms with Crippen molar-refractivity contribution in [3.8, 4) is 0 Å². The Morgan fingerprint density at radius 2 is 1.95 bits per heavy atom. The molecule has 2 heteroatoms. The number of fused-ring (bicyclic) bond motifs is 1. The van der Waals surface area contributed by atoms with E-state index < -0.39 is 0 Å². The molecule has 0 aliphatic heterocycles. The molecule has 0 spiro atoms. The van der Waals surface area contributed by atoms with Crippen LogP contribution < -0.4 is 5.73 Å². The molecule has 1 aromatic rings. The first-order valence-electron chi connectivity index (χ1n) is 7.50. The van der Waals surface area contributed by atoms with Crippen molar-refractivity contribution in [2.75, 3.05) is 13.1 Å². The van der Waals surface area contributed by atoms with E-state index >= 15 is 0 Å². The van der Waals surface area contributed by atoms with Gasteiger partial charge in [-0.2, -0.15) is 0 Å². The minimum absolute atomic E-state index is 0.252. The van der Waals surface area contributed by atoms with E-state index in [1.54, 1.807) is 0 Å². The molecule has 2 rings (SSSR count). The Morgan fingerprint density at radius 1 is 1.33 bits per heavy atom. The highest BCUT2D eigenvalue weighted by Gasteiger charge is 2.45. The van der Waals surface area contributed by atoms with E-state index in [0.29, 0.717) is 0 Å². The van der Waals surface area contributed by atoms with E-state index in [1.165, 1.54) is 11.1 Å². The van der Waals surface area contributed by atoms with Gasteiger partial charge in [0.2, 0.25) is 0 Å². The van der Waals surface area contributed by atoms with Gasteiger partial charge in [0.05, 0.1) is 5.54 Å². The standard InChI is InChI=1S/C19H26N2/c1-5-11-21(12-6-2)18-13-16-9-7-8-10-17(16)19(18,20)14-15(3)4/h5-10,18H,1-3,11-14,20H2,4H3. The van der Waals surface area contributed by atoms with Gasteiger partial charge < -0.3 is 5.73 Å². The summed E-state index contributed by atoms with van der Waals surface area (Å²) in [5.41, 5.74) is 10.3. The van der Waals surface area contributed by atoms with Crippen molar-refractivity contribution in [1.29, 1.82) is 0 Å². The average Bonchev–Trinajstić information content (AvgIpc) is 2.71. The highest BCUT2D eigenvalue weighted by molar-refractivity contribution is 5.42. The van der Waals surface area contributed by atoms with Crippen LogP contribution >= 0.6 is 0 Å². The maximum absolute atomic E-state index is 6.91. The molecule has 0 heterocycles. The summed E-state index contributed by atoms with van der Waals surface area (Å²) >= 11 is 0. The Hall–Kier alpha value is -1.64. The van der Waals surface area contributed by atoms with E-state index in [9.17, 15) is 0 Å². The SMILES string of the molecule is C=CCN(CC=C)C1Cc2ccccc2C1(N)CC(=C)C. The second-order valence-electron chi connectivity index (χ2n) is 6.08. The van der Waals surface area contributed by atoms with E-state index in [4.69, 9.17) is 5.73 Å². The minimum atomic E-state index is -0.381. The summed E-state index contributed by atoms with van der Waals surface area (Å²) in [5.74, 6) is 0. The summed E-state index contributed by atoms with van der Waals surface area (Å²) in [5, 5.41) is 0. The fourth-order valence-electron chi connectivity index (χ4n) is 3.55. The van der Waals surface area contributed by atoms with E-state index in [2.05, 4.69) is 55.8 Å². The van der Waals surface area contributed by atoms with Gasteiger partial charge in [0.1, 0.15) is 0 Å². The Balaban J connectivity index is 2.43. The Bertz CT molecular complexity index is 536. The molecule has 112 valence electrons. The first-order chi connectivity index (χ1) is 10.0. The minimum Gasteiger partial charge on any atom is -0.320 e. The normalized spacial score (nSPS) is 23.9. The first-order valence-corrected chi connectivity index (χ1v) is 7.50. The molecule has 0 radical (unpaired) electrons. The lowest BCUT2D eigenvalue weighted by molar-refractivity contribution is 0.158. The van der Waals surface area contributed by atoms with Crippen LogP contribution in [0.15, 0.2) is 61.7 Å². The molecular weight excluding hydrogens is 256 g/mol. The van der Waals surface area contributed by atoms with Crippen LogP contribution in [0.25, 0.3) is 0 Å². The Kier molecular flexibility index (Phi) is 4.81. The lowest BCUT2D eigenvalue weighted by Gasteiger charge is -2.39. The third-order valence-corrected chi connectivity index (χ3v) is 4.29. The van der Waals surface area contributed by atoms with E-state index in [1.807, 2.05) is 12.2 Å². The lowest BCUT2D eigenvalue weighted by atomic mass is 9.83. The summed E-state index contributed by atoms with van der Waals surface area (Å²) in [7, 11) is 0. The average molecular weight is 282 g/mol. The molecule has 2 nitrogen and oxygen atoms in total. The van der Waals surface area contributed by atoms with E-state index in [-0.39, 0.29) is 11.6 Å². The quantitative estimate of drug-likeness (QED) is 0.777. The summed E-state index contributed by atoms with van der Waals surface area (Å²) in [6.45, 7) is 15.5. The second-order valence-corrected chi connectivity index (χ2v) is 6.08. The van der Waals surface area contributed by atoms with Crippen molar-refractivity contribution in [2.24, 2.45) is 5.73 Å². The number of benzene rings is 1. The maximum Gasteiger partial charge on any atom is 0.0610 e. The van der Waals surface area contributed by atoms with Gasteiger partial charge in [0.25, 0.3) is 0 Å². The fraction of sp³-hybridized carbons (Fsp3) is 0.368. The highest BCUT2D eigenvalue weighted by Crippen LogP contribution is 2.41. The van der Waals surface area contributed by atoms with Crippen LogP contribution in [0.5, 0.6) is 0 Å². The van der Waals surface area contributed by atoms with Crippen molar-refractivity contribution in [3.63, 3.8) is 0 Å². The predicted molar refractivity (Wildman–Crippen MR) is 91.2 cm³/mol. The number of nitrogens with zero attached hydrogens (tertiary/aromatic N) is 1. The largest absolute Gasteiger partial charge is 0.320 e. The molecule has 0 fully saturated rings. The second kappa shape index (κ2) is 6.42. The molecule has 1 aliphatic rings. The zero-order valence-corrected chi connectivity index (χ0v) is 13.0. The maximum atomic E-state index is 6.91. The zero-order chi connectivity index (χ0) is 15.5. The lowest BCUT2D eigenvalue weighted by Crippen LogP contribution is -2.54. The van der Waals surface area contributed by atoms with Crippen molar-refractivity contribution >= 4 is 0 Å². The Morgan fingerprint density at radius 3 is 2.52 bits per heavy atom. The highest BCUT2D eigenvalue weighted by atomic mass is 15.2. The van der Waals surface area contributed by atoms with Gasteiger partial charge in [0.15, 0.2) is 0 Å². The van der Waals surface area contributed by atoms with Gasteiger partial charge in [-0.25, -0.2) is 0 Å². The van der Waals surface area contributed by atoms with Crippen molar-refractivity contribution in [2.45, 2.75) is 31.3 Å². The number of nitrogens with two attached hydrogens (primary N) is 1.